The lowest BCUT2D eigenvalue weighted by molar-refractivity contribution is 0.0730. The summed E-state index contributed by atoms with van der Waals surface area (Å²) in [4.78, 5) is 0. The summed E-state index contributed by atoms with van der Waals surface area (Å²) in [5.41, 5.74) is 6.01. The number of nitrogen functional groups attached to an aromatic ring is 1. The predicted molar refractivity (Wildman–Crippen MR) is 64.9 cm³/mol. The summed E-state index contributed by atoms with van der Waals surface area (Å²) >= 11 is 1.08. The molecule has 2 heterocycles. The van der Waals surface area contributed by atoms with Crippen LogP contribution >= 0.6 is 11.3 Å². The molecule has 1 saturated heterocycles. The minimum atomic E-state index is -3.52. The number of sulfonamides is 1. The summed E-state index contributed by atoms with van der Waals surface area (Å²) in [6.45, 7) is 1.57. The van der Waals surface area contributed by atoms with Crippen LogP contribution in [0.5, 0.6) is 5.75 Å². The van der Waals surface area contributed by atoms with Crippen LogP contribution < -0.4 is 10.5 Å². The predicted octanol–water partition coefficient (Wildman–Crippen LogP) is 0.360. The van der Waals surface area contributed by atoms with E-state index in [0.717, 1.165) is 11.3 Å². The molecule has 6 nitrogen and oxygen atoms in total. The van der Waals surface area contributed by atoms with E-state index in [2.05, 4.69) is 0 Å². The number of hydrogen-bond donors (Lipinski definition) is 1. The van der Waals surface area contributed by atoms with Gasteiger partial charge in [-0.2, -0.15) is 4.31 Å². The number of thiophene rings is 1. The topological polar surface area (TPSA) is 81.9 Å². The van der Waals surface area contributed by atoms with Gasteiger partial charge in [-0.1, -0.05) is 0 Å². The monoisotopic (exact) mass is 278 g/mol. The van der Waals surface area contributed by atoms with Crippen molar-refractivity contribution in [2.45, 2.75) is 4.21 Å². The number of methoxy groups -OCH3 is 1. The molecule has 0 atom stereocenters. The second-order valence-electron chi connectivity index (χ2n) is 3.53. The maximum absolute atomic E-state index is 12.3. The number of rotatable bonds is 3. The Kier molecular flexibility index (Phi) is 3.57. The first-order valence-electron chi connectivity index (χ1n) is 5.06. The van der Waals surface area contributed by atoms with Crippen LogP contribution in [0.2, 0.25) is 0 Å². The fraction of sp³-hybridized carbons (Fsp3) is 0.556. The fourth-order valence-corrected chi connectivity index (χ4v) is 4.52. The van der Waals surface area contributed by atoms with Crippen LogP contribution in [-0.2, 0) is 14.8 Å². The van der Waals surface area contributed by atoms with Crippen LogP contribution in [0.4, 0.5) is 5.69 Å². The molecular formula is C9H14N2O4S2. The molecule has 0 spiro atoms. The number of nitrogens with zero attached hydrogens (tertiary/aromatic N) is 1. The first-order valence-corrected chi connectivity index (χ1v) is 7.38. The van der Waals surface area contributed by atoms with Gasteiger partial charge in [0.25, 0.3) is 10.0 Å². The summed E-state index contributed by atoms with van der Waals surface area (Å²) in [7, 11) is -2.10. The van der Waals surface area contributed by atoms with Crippen LogP contribution in [0.3, 0.4) is 0 Å². The Bertz CT molecular complexity index is 491. The van der Waals surface area contributed by atoms with Crippen molar-refractivity contribution >= 4 is 27.0 Å². The maximum atomic E-state index is 12.3. The average molecular weight is 278 g/mol. The Morgan fingerprint density at radius 2 is 2.12 bits per heavy atom. The molecule has 2 rings (SSSR count). The Labute approximate surface area is 104 Å². The normalized spacial score (nSPS) is 18.2. The largest absolute Gasteiger partial charge is 0.492 e. The lowest BCUT2D eigenvalue weighted by Gasteiger charge is -2.25. The molecule has 0 saturated carbocycles. The molecule has 0 aromatic carbocycles. The molecule has 17 heavy (non-hydrogen) atoms. The summed E-state index contributed by atoms with van der Waals surface area (Å²) in [6, 6.07) is 0. The van der Waals surface area contributed by atoms with Crippen LogP contribution in [-0.4, -0.2) is 46.1 Å². The first kappa shape index (κ1) is 12.6. The summed E-state index contributed by atoms with van der Waals surface area (Å²) in [5, 5.41) is 1.58. The van der Waals surface area contributed by atoms with Crippen LogP contribution in [0, 0.1) is 0 Å². The van der Waals surface area contributed by atoms with E-state index in [4.69, 9.17) is 15.2 Å². The minimum absolute atomic E-state index is 0.166. The van der Waals surface area contributed by atoms with Crippen molar-refractivity contribution < 1.29 is 17.9 Å². The molecular weight excluding hydrogens is 264 g/mol. The van der Waals surface area contributed by atoms with Gasteiger partial charge in [-0.25, -0.2) is 8.42 Å². The van der Waals surface area contributed by atoms with Gasteiger partial charge in [-0.3, -0.25) is 0 Å². The van der Waals surface area contributed by atoms with Crippen molar-refractivity contribution in [1.29, 1.82) is 0 Å². The highest BCUT2D eigenvalue weighted by Gasteiger charge is 2.31. The molecule has 0 aliphatic carbocycles. The fourth-order valence-electron chi connectivity index (χ4n) is 1.63. The van der Waals surface area contributed by atoms with E-state index in [1.807, 2.05) is 0 Å². The van der Waals surface area contributed by atoms with Gasteiger partial charge in [-0.15, -0.1) is 11.3 Å². The average Bonchev–Trinajstić information content (AvgIpc) is 2.72. The number of morpholine rings is 1. The van der Waals surface area contributed by atoms with Gasteiger partial charge in [0.15, 0.2) is 9.96 Å². The molecule has 0 bridgehead atoms. The first-order chi connectivity index (χ1) is 8.07. The zero-order valence-electron chi connectivity index (χ0n) is 9.38. The van der Waals surface area contributed by atoms with Crippen LogP contribution in [0.25, 0.3) is 0 Å². The molecule has 1 aliphatic rings. The highest BCUT2D eigenvalue weighted by Crippen LogP contribution is 2.38. The molecule has 1 aromatic heterocycles. The number of hydrogen-bond acceptors (Lipinski definition) is 6. The van der Waals surface area contributed by atoms with E-state index in [-0.39, 0.29) is 9.96 Å². The van der Waals surface area contributed by atoms with Crippen molar-refractivity contribution in [3.8, 4) is 5.75 Å². The molecule has 1 aliphatic heterocycles. The van der Waals surface area contributed by atoms with Crippen molar-refractivity contribution in [2.24, 2.45) is 0 Å². The highest BCUT2D eigenvalue weighted by molar-refractivity contribution is 7.91. The van der Waals surface area contributed by atoms with E-state index in [0.29, 0.717) is 32.0 Å². The standard InChI is InChI=1S/C9H14N2O4S2/c1-14-8-7(10)6-16-9(8)17(12,13)11-2-4-15-5-3-11/h6H,2-5,10H2,1H3. The lowest BCUT2D eigenvalue weighted by atomic mass is 10.5. The van der Waals surface area contributed by atoms with Gasteiger partial charge >= 0.3 is 0 Å². The van der Waals surface area contributed by atoms with Crippen LogP contribution in [0.15, 0.2) is 9.59 Å². The molecule has 1 aromatic rings. The molecule has 2 N–H and O–H groups in total. The Hall–Kier alpha value is -0.830. The van der Waals surface area contributed by atoms with Gasteiger partial charge in [0.1, 0.15) is 0 Å². The van der Waals surface area contributed by atoms with E-state index >= 15 is 0 Å². The van der Waals surface area contributed by atoms with Crippen molar-refractivity contribution in [3.63, 3.8) is 0 Å². The zero-order chi connectivity index (χ0) is 12.5. The second-order valence-corrected chi connectivity index (χ2v) is 6.54. The van der Waals surface area contributed by atoms with Gasteiger partial charge in [0.05, 0.1) is 26.0 Å². The van der Waals surface area contributed by atoms with E-state index in [1.54, 1.807) is 5.38 Å². The molecule has 8 heteroatoms. The molecule has 0 amide bonds. The Morgan fingerprint density at radius 1 is 1.47 bits per heavy atom. The second kappa shape index (κ2) is 4.81. The SMILES string of the molecule is COc1c(N)csc1S(=O)(=O)N1CCOCC1. The molecule has 1 fully saturated rings. The number of ether oxygens (including phenoxy) is 2. The van der Waals surface area contributed by atoms with E-state index in [1.165, 1.54) is 11.4 Å². The third-order valence-electron chi connectivity index (χ3n) is 2.49. The molecule has 0 radical (unpaired) electrons. The quantitative estimate of drug-likeness (QED) is 0.863. The van der Waals surface area contributed by atoms with E-state index < -0.39 is 10.0 Å². The third-order valence-corrected chi connectivity index (χ3v) is 5.88. The van der Waals surface area contributed by atoms with Crippen molar-refractivity contribution in [3.05, 3.63) is 5.38 Å². The van der Waals surface area contributed by atoms with Gasteiger partial charge < -0.3 is 15.2 Å². The van der Waals surface area contributed by atoms with Gasteiger partial charge in [0, 0.05) is 18.5 Å². The third kappa shape index (κ3) is 2.25. The van der Waals surface area contributed by atoms with Crippen molar-refractivity contribution in [2.75, 3.05) is 39.1 Å². The summed E-state index contributed by atoms with van der Waals surface area (Å²) < 4.78 is 36.4. The van der Waals surface area contributed by atoms with Crippen LogP contribution in [0.1, 0.15) is 0 Å². The number of anilines is 1. The van der Waals surface area contributed by atoms with Gasteiger partial charge in [-0.05, 0) is 0 Å². The summed E-state index contributed by atoms with van der Waals surface area (Å²) in [5.74, 6) is 0.237. The smallest absolute Gasteiger partial charge is 0.256 e. The van der Waals surface area contributed by atoms with E-state index in [9.17, 15) is 8.42 Å². The molecule has 0 unspecified atom stereocenters. The zero-order valence-corrected chi connectivity index (χ0v) is 11.0. The van der Waals surface area contributed by atoms with Gasteiger partial charge in [0.2, 0.25) is 0 Å². The lowest BCUT2D eigenvalue weighted by Crippen LogP contribution is -2.40. The molecule has 96 valence electrons. The summed E-state index contributed by atoms with van der Waals surface area (Å²) in [6.07, 6.45) is 0. The maximum Gasteiger partial charge on any atom is 0.256 e. The highest BCUT2D eigenvalue weighted by atomic mass is 32.2. The van der Waals surface area contributed by atoms with Crippen molar-refractivity contribution in [1.82, 2.24) is 4.31 Å². The number of nitrogens with two attached hydrogens (primary N) is 1. The Balaban J connectivity index is 2.36. The minimum Gasteiger partial charge on any atom is -0.492 e. The Morgan fingerprint density at radius 3 is 2.71 bits per heavy atom.